The molecule has 1 aromatic carbocycles. The Morgan fingerprint density at radius 1 is 1.00 bits per heavy atom. The summed E-state index contributed by atoms with van der Waals surface area (Å²) < 4.78 is 5.20. The van der Waals surface area contributed by atoms with Crippen molar-refractivity contribution in [3.05, 3.63) is 51.4 Å². The van der Waals surface area contributed by atoms with Crippen molar-refractivity contribution in [3.8, 4) is 0 Å². The van der Waals surface area contributed by atoms with Gasteiger partial charge in [-0.1, -0.05) is 29.3 Å². The van der Waals surface area contributed by atoms with Crippen LogP contribution >= 0.6 is 34.8 Å². The molecule has 1 N–H and O–H groups in total. The highest BCUT2D eigenvalue weighted by molar-refractivity contribution is 6.39. The van der Waals surface area contributed by atoms with Crippen molar-refractivity contribution in [2.75, 3.05) is 5.32 Å². The van der Waals surface area contributed by atoms with Gasteiger partial charge in [-0.25, -0.2) is 0 Å². The maximum absolute atomic E-state index is 6.00. The van der Waals surface area contributed by atoms with Crippen LogP contribution in [0.5, 0.6) is 0 Å². The van der Waals surface area contributed by atoms with Gasteiger partial charge in [0.2, 0.25) is 0 Å². The molecule has 84 valence electrons. The maximum atomic E-state index is 6.00. The van der Waals surface area contributed by atoms with Crippen molar-refractivity contribution in [3.63, 3.8) is 0 Å². The second-order valence-electron chi connectivity index (χ2n) is 3.16. The second kappa shape index (κ2) is 5.00. The number of para-hydroxylation sites is 1. The van der Waals surface area contributed by atoms with Gasteiger partial charge in [0.25, 0.3) is 0 Å². The van der Waals surface area contributed by atoms with Gasteiger partial charge in [0, 0.05) is 0 Å². The lowest BCUT2D eigenvalue weighted by molar-refractivity contribution is 0.520. The Labute approximate surface area is 108 Å². The molecular formula is C11H8Cl3NO. The van der Waals surface area contributed by atoms with Gasteiger partial charge >= 0.3 is 0 Å². The molecule has 0 spiro atoms. The molecule has 0 amide bonds. The molecule has 0 radical (unpaired) electrons. The summed E-state index contributed by atoms with van der Waals surface area (Å²) >= 11 is 17.7. The molecule has 16 heavy (non-hydrogen) atoms. The first-order valence-electron chi connectivity index (χ1n) is 4.59. The number of rotatable bonds is 3. The molecule has 1 heterocycles. The van der Waals surface area contributed by atoms with Gasteiger partial charge in [-0.15, -0.1) is 0 Å². The second-order valence-corrected chi connectivity index (χ2v) is 4.34. The van der Waals surface area contributed by atoms with E-state index in [-0.39, 0.29) is 0 Å². The lowest BCUT2D eigenvalue weighted by Crippen LogP contribution is -1.99. The summed E-state index contributed by atoms with van der Waals surface area (Å²) in [6.07, 6.45) is 0. The largest absolute Gasteiger partial charge is 0.448 e. The third-order valence-corrected chi connectivity index (χ3v) is 2.86. The molecule has 0 atom stereocenters. The van der Waals surface area contributed by atoms with Gasteiger partial charge in [-0.3, -0.25) is 0 Å². The van der Waals surface area contributed by atoms with Crippen LogP contribution in [0.2, 0.25) is 15.3 Å². The number of furan rings is 1. The normalized spacial score (nSPS) is 10.4. The van der Waals surface area contributed by atoms with E-state index in [1.807, 2.05) is 0 Å². The predicted molar refractivity (Wildman–Crippen MR) is 67.5 cm³/mol. The van der Waals surface area contributed by atoms with Crippen molar-refractivity contribution in [1.29, 1.82) is 0 Å². The minimum Gasteiger partial charge on any atom is -0.448 e. The fourth-order valence-corrected chi connectivity index (χ4v) is 1.98. The van der Waals surface area contributed by atoms with Gasteiger partial charge in [-0.05, 0) is 35.9 Å². The molecule has 0 saturated carbocycles. The van der Waals surface area contributed by atoms with Crippen LogP contribution in [0.1, 0.15) is 5.76 Å². The van der Waals surface area contributed by atoms with Crippen molar-refractivity contribution >= 4 is 40.5 Å². The molecule has 0 fully saturated rings. The van der Waals surface area contributed by atoms with E-state index in [4.69, 9.17) is 39.2 Å². The van der Waals surface area contributed by atoms with Gasteiger partial charge in [-0.2, -0.15) is 0 Å². The molecule has 0 aliphatic carbocycles. The summed E-state index contributed by atoms with van der Waals surface area (Å²) in [5, 5.41) is 4.61. The number of benzene rings is 1. The Balaban J connectivity index is 2.10. The zero-order valence-corrected chi connectivity index (χ0v) is 10.4. The zero-order chi connectivity index (χ0) is 11.5. The highest BCUT2D eigenvalue weighted by atomic mass is 35.5. The first kappa shape index (κ1) is 11.6. The molecule has 2 aromatic rings. The highest BCUT2D eigenvalue weighted by Crippen LogP contribution is 2.30. The van der Waals surface area contributed by atoms with Gasteiger partial charge in [0.15, 0.2) is 5.22 Å². The molecule has 0 aliphatic heterocycles. The quantitative estimate of drug-likeness (QED) is 0.866. The third-order valence-electron chi connectivity index (χ3n) is 2.03. The van der Waals surface area contributed by atoms with E-state index in [0.29, 0.717) is 27.5 Å². The molecule has 0 bridgehead atoms. The summed E-state index contributed by atoms with van der Waals surface area (Å²) in [7, 11) is 0. The standard InChI is InChI=1S/C11H8Cl3NO/c12-8-2-1-3-9(13)11(8)15-6-7-4-5-10(14)16-7/h1-5,15H,6H2. The van der Waals surface area contributed by atoms with E-state index >= 15 is 0 Å². The average molecular weight is 277 g/mol. The van der Waals surface area contributed by atoms with Crippen LogP contribution in [-0.2, 0) is 6.54 Å². The highest BCUT2D eigenvalue weighted by Gasteiger charge is 2.06. The fourth-order valence-electron chi connectivity index (χ4n) is 1.29. The molecule has 0 aliphatic rings. The third kappa shape index (κ3) is 2.64. The van der Waals surface area contributed by atoms with Crippen molar-refractivity contribution < 1.29 is 4.42 Å². The van der Waals surface area contributed by atoms with E-state index < -0.39 is 0 Å². The smallest absolute Gasteiger partial charge is 0.193 e. The summed E-state index contributed by atoms with van der Waals surface area (Å²) in [5.74, 6) is 0.723. The van der Waals surface area contributed by atoms with Crippen molar-refractivity contribution in [2.45, 2.75) is 6.54 Å². The minimum absolute atomic E-state index is 0.363. The molecular weight excluding hydrogens is 268 g/mol. The summed E-state index contributed by atoms with van der Waals surface area (Å²) in [6, 6.07) is 8.81. The molecule has 0 unspecified atom stereocenters. The Morgan fingerprint density at radius 3 is 2.25 bits per heavy atom. The average Bonchev–Trinajstić information content (AvgIpc) is 2.63. The van der Waals surface area contributed by atoms with Crippen LogP contribution in [0.3, 0.4) is 0 Å². The summed E-state index contributed by atoms with van der Waals surface area (Å²) in [6.45, 7) is 0.482. The molecule has 2 rings (SSSR count). The zero-order valence-electron chi connectivity index (χ0n) is 8.14. The van der Waals surface area contributed by atoms with Crippen LogP contribution < -0.4 is 5.32 Å². The number of halogens is 3. The van der Waals surface area contributed by atoms with Crippen LogP contribution in [0.15, 0.2) is 34.7 Å². The number of hydrogen-bond acceptors (Lipinski definition) is 2. The minimum atomic E-state index is 0.363. The SMILES string of the molecule is Clc1ccc(CNc2c(Cl)cccc2Cl)o1. The molecule has 1 aromatic heterocycles. The lowest BCUT2D eigenvalue weighted by Gasteiger charge is -2.08. The van der Waals surface area contributed by atoms with Gasteiger partial charge in [0.05, 0.1) is 22.3 Å². The van der Waals surface area contributed by atoms with Gasteiger partial charge in [0.1, 0.15) is 5.76 Å². The Kier molecular flexibility index (Phi) is 3.64. The molecule has 2 nitrogen and oxygen atoms in total. The van der Waals surface area contributed by atoms with Crippen LogP contribution in [-0.4, -0.2) is 0 Å². The van der Waals surface area contributed by atoms with E-state index in [1.54, 1.807) is 30.3 Å². The maximum Gasteiger partial charge on any atom is 0.193 e. The first-order chi connectivity index (χ1) is 7.66. The first-order valence-corrected chi connectivity index (χ1v) is 5.72. The summed E-state index contributed by atoms with van der Waals surface area (Å²) in [5.41, 5.74) is 0.693. The van der Waals surface area contributed by atoms with E-state index in [9.17, 15) is 0 Å². The Bertz CT molecular complexity index is 475. The van der Waals surface area contributed by atoms with Crippen LogP contribution in [0, 0.1) is 0 Å². The summed E-state index contributed by atoms with van der Waals surface area (Å²) in [4.78, 5) is 0. The predicted octanol–water partition coefficient (Wildman–Crippen LogP) is 4.85. The monoisotopic (exact) mass is 275 g/mol. The number of nitrogens with one attached hydrogen (secondary N) is 1. The Morgan fingerprint density at radius 2 is 1.69 bits per heavy atom. The number of hydrogen-bond donors (Lipinski definition) is 1. The topological polar surface area (TPSA) is 25.2 Å². The Hall–Kier alpha value is -0.830. The fraction of sp³-hybridized carbons (Fsp3) is 0.0909. The van der Waals surface area contributed by atoms with Gasteiger partial charge < -0.3 is 9.73 Å². The van der Waals surface area contributed by atoms with Crippen LogP contribution in [0.4, 0.5) is 5.69 Å². The molecule has 0 saturated heterocycles. The molecule has 5 heteroatoms. The van der Waals surface area contributed by atoms with Crippen LogP contribution in [0.25, 0.3) is 0 Å². The van der Waals surface area contributed by atoms with Crippen molar-refractivity contribution in [1.82, 2.24) is 0 Å². The van der Waals surface area contributed by atoms with E-state index in [2.05, 4.69) is 5.32 Å². The van der Waals surface area contributed by atoms with E-state index in [1.165, 1.54) is 0 Å². The van der Waals surface area contributed by atoms with E-state index in [0.717, 1.165) is 5.76 Å². The number of anilines is 1. The lowest BCUT2D eigenvalue weighted by atomic mass is 10.3. The van der Waals surface area contributed by atoms with Crippen molar-refractivity contribution in [2.24, 2.45) is 0 Å².